The number of aryl methyl sites for hydroxylation is 1. The molecule has 18 heavy (non-hydrogen) atoms. The lowest BCUT2D eigenvalue weighted by Gasteiger charge is -2.08. The van der Waals surface area contributed by atoms with Crippen molar-refractivity contribution in [2.24, 2.45) is 0 Å². The molecular formula is C13H19N5. The zero-order valence-corrected chi connectivity index (χ0v) is 10.3. The van der Waals surface area contributed by atoms with E-state index in [1.54, 1.807) is 6.20 Å². The fourth-order valence-corrected chi connectivity index (χ4v) is 1.76. The van der Waals surface area contributed by atoms with Gasteiger partial charge in [0.05, 0.1) is 17.7 Å². The molecule has 2 aromatic rings. The highest BCUT2D eigenvalue weighted by molar-refractivity contribution is 5.69. The van der Waals surface area contributed by atoms with Crippen LogP contribution in [0.5, 0.6) is 0 Å². The van der Waals surface area contributed by atoms with Crippen LogP contribution in [0.2, 0.25) is 0 Å². The topological polar surface area (TPSA) is 81.9 Å². The largest absolute Gasteiger partial charge is 0.397 e. The lowest BCUT2D eigenvalue weighted by atomic mass is 10.2. The lowest BCUT2D eigenvalue weighted by molar-refractivity contribution is 0.621. The van der Waals surface area contributed by atoms with E-state index < -0.39 is 0 Å². The molecule has 0 unspecified atom stereocenters. The van der Waals surface area contributed by atoms with E-state index in [4.69, 9.17) is 11.5 Å². The van der Waals surface area contributed by atoms with Crippen LogP contribution in [0.15, 0.2) is 36.9 Å². The van der Waals surface area contributed by atoms with Gasteiger partial charge in [-0.2, -0.15) is 0 Å². The Labute approximate surface area is 107 Å². The van der Waals surface area contributed by atoms with E-state index >= 15 is 0 Å². The average Bonchev–Trinajstić information content (AvgIpc) is 2.86. The van der Waals surface area contributed by atoms with Crippen molar-refractivity contribution in [2.45, 2.75) is 19.4 Å². The fraction of sp³-hybridized carbons (Fsp3) is 0.308. The van der Waals surface area contributed by atoms with Crippen LogP contribution in [-0.4, -0.2) is 16.1 Å². The molecular weight excluding hydrogens is 226 g/mol. The molecule has 1 aromatic carbocycles. The Morgan fingerprint density at radius 2 is 2.06 bits per heavy atom. The minimum atomic E-state index is 0.624. The number of nitrogens with two attached hydrogens (primary N) is 2. The van der Waals surface area contributed by atoms with Gasteiger partial charge in [0.2, 0.25) is 0 Å². The van der Waals surface area contributed by atoms with Gasteiger partial charge in [0.15, 0.2) is 0 Å². The van der Waals surface area contributed by atoms with Crippen LogP contribution in [-0.2, 0) is 6.54 Å². The molecule has 5 N–H and O–H groups in total. The maximum Gasteiger partial charge on any atom is 0.0945 e. The molecule has 0 radical (unpaired) electrons. The summed E-state index contributed by atoms with van der Waals surface area (Å²) in [6.45, 7) is 1.93. The first-order valence-corrected chi connectivity index (χ1v) is 6.10. The highest BCUT2D eigenvalue weighted by atomic mass is 15.0. The zero-order chi connectivity index (χ0) is 12.8. The third-order valence-electron chi connectivity index (χ3n) is 2.82. The van der Waals surface area contributed by atoms with E-state index in [0.717, 1.165) is 31.6 Å². The van der Waals surface area contributed by atoms with Gasteiger partial charge in [0.25, 0.3) is 0 Å². The summed E-state index contributed by atoms with van der Waals surface area (Å²) in [6.07, 6.45) is 7.84. The summed E-state index contributed by atoms with van der Waals surface area (Å²) in [5.41, 5.74) is 13.7. The van der Waals surface area contributed by atoms with Gasteiger partial charge in [-0.1, -0.05) is 0 Å². The maximum atomic E-state index is 5.74. The monoisotopic (exact) mass is 245 g/mol. The van der Waals surface area contributed by atoms with Crippen molar-refractivity contribution in [2.75, 3.05) is 23.3 Å². The summed E-state index contributed by atoms with van der Waals surface area (Å²) in [5.74, 6) is 0. The van der Waals surface area contributed by atoms with E-state index in [1.807, 2.05) is 30.7 Å². The second-order valence-electron chi connectivity index (χ2n) is 4.28. The summed E-state index contributed by atoms with van der Waals surface area (Å²) < 4.78 is 2.08. The number of hydrogen-bond donors (Lipinski definition) is 3. The van der Waals surface area contributed by atoms with E-state index in [0.29, 0.717) is 11.4 Å². The van der Waals surface area contributed by atoms with Crippen LogP contribution in [0.4, 0.5) is 17.1 Å². The molecule has 2 rings (SSSR count). The lowest BCUT2D eigenvalue weighted by Crippen LogP contribution is -2.04. The highest BCUT2D eigenvalue weighted by Gasteiger charge is 1.97. The Morgan fingerprint density at radius 1 is 1.17 bits per heavy atom. The van der Waals surface area contributed by atoms with Crippen LogP contribution < -0.4 is 16.8 Å². The third kappa shape index (κ3) is 3.41. The molecule has 5 nitrogen and oxygen atoms in total. The first kappa shape index (κ1) is 12.3. The first-order valence-electron chi connectivity index (χ1n) is 6.10. The van der Waals surface area contributed by atoms with Gasteiger partial charge >= 0.3 is 0 Å². The Hall–Kier alpha value is -2.17. The number of nitrogens with zero attached hydrogens (tertiary/aromatic N) is 2. The molecule has 0 aliphatic heterocycles. The molecule has 0 aliphatic rings. The molecule has 96 valence electrons. The van der Waals surface area contributed by atoms with Gasteiger partial charge in [0.1, 0.15) is 0 Å². The van der Waals surface area contributed by atoms with Gasteiger partial charge in [-0.25, -0.2) is 4.98 Å². The van der Waals surface area contributed by atoms with Crippen LogP contribution in [0, 0.1) is 0 Å². The SMILES string of the molecule is Nc1ccc(NCCCCn2ccnc2)cc1N. The second-order valence-corrected chi connectivity index (χ2v) is 4.28. The maximum absolute atomic E-state index is 5.74. The normalized spacial score (nSPS) is 10.4. The summed E-state index contributed by atoms with van der Waals surface area (Å²) in [6, 6.07) is 5.63. The van der Waals surface area contributed by atoms with Crippen LogP contribution >= 0.6 is 0 Å². The predicted molar refractivity (Wildman–Crippen MR) is 75.2 cm³/mol. The van der Waals surface area contributed by atoms with Crippen LogP contribution in [0.25, 0.3) is 0 Å². The molecule has 5 heteroatoms. The number of anilines is 3. The Kier molecular flexibility index (Phi) is 4.06. The van der Waals surface area contributed by atoms with Crippen molar-refractivity contribution in [3.8, 4) is 0 Å². The van der Waals surface area contributed by atoms with Gasteiger partial charge < -0.3 is 21.4 Å². The van der Waals surface area contributed by atoms with Crippen LogP contribution in [0.1, 0.15) is 12.8 Å². The van der Waals surface area contributed by atoms with Gasteiger partial charge in [-0.15, -0.1) is 0 Å². The summed E-state index contributed by atoms with van der Waals surface area (Å²) >= 11 is 0. The molecule has 0 spiro atoms. The molecule has 0 aliphatic carbocycles. The first-order chi connectivity index (χ1) is 8.75. The molecule has 0 amide bonds. The minimum absolute atomic E-state index is 0.624. The minimum Gasteiger partial charge on any atom is -0.397 e. The summed E-state index contributed by atoms with van der Waals surface area (Å²) in [4.78, 5) is 4.01. The van der Waals surface area contributed by atoms with E-state index in [9.17, 15) is 0 Å². The average molecular weight is 245 g/mol. The van der Waals surface area contributed by atoms with E-state index in [1.165, 1.54) is 0 Å². The number of nitrogen functional groups attached to an aromatic ring is 2. The summed E-state index contributed by atoms with van der Waals surface area (Å²) in [7, 11) is 0. The Balaban J connectivity index is 1.67. The van der Waals surface area contributed by atoms with Crippen LogP contribution in [0.3, 0.4) is 0 Å². The third-order valence-corrected chi connectivity index (χ3v) is 2.82. The van der Waals surface area contributed by atoms with Crippen molar-refractivity contribution in [1.82, 2.24) is 9.55 Å². The van der Waals surface area contributed by atoms with Crippen molar-refractivity contribution >= 4 is 17.1 Å². The molecule has 0 bridgehead atoms. The number of imidazole rings is 1. The molecule has 0 saturated carbocycles. The predicted octanol–water partition coefficient (Wildman–Crippen LogP) is 1.94. The summed E-state index contributed by atoms with van der Waals surface area (Å²) in [5, 5.41) is 3.33. The number of aromatic nitrogens is 2. The number of nitrogens with one attached hydrogen (secondary N) is 1. The standard InChI is InChI=1S/C13H19N5/c14-12-4-3-11(9-13(12)15)17-5-1-2-7-18-8-6-16-10-18/h3-4,6,8-10,17H,1-2,5,7,14-15H2. The smallest absolute Gasteiger partial charge is 0.0945 e. The number of unbranched alkanes of at least 4 members (excludes halogenated alkanes) is 1. The molecule has 0 fully saturated rings. The van der Waals surface area contributed by atoms with E-state index in [-0.39, 0.29) is 0 Å². The van der Waals surface area contributed by atoms with Gasteiger partial charge in [-0.05, 0) is 31.0 Å². The number of rotatable bonds is 6. The molecule has 0 saturated heterocycles. The highest BCUT2D eigenvalue weighted by Crippen LogP contribution is 2.19. The molecule has 1 heterocycles. The quantitative estimate of drug-likeness (QED) is 0.536. The fourth-order valence-electron chi connectivity index (χ4n) is 1.76. The number of hydrogen-bond acceptors (Lipinski definition) is 4. The van der Waals surface area contributed by atoms with Gasteiger partial charge in [-0.3, -0.25) is 0 Å². The molecule has 1 aromatic heterocycles. The molecule has 0 atom stereocenters. The van der Waals surface area contributed by atoms with Crippen molar-refractivity contribution in [3.05, 3.63) is 36.9 Å². The van der Waals surface area contributed by atoms with Crippen molar-refractivity contribution < 1.29 is 0 Å². The Morgan fingerprint density at radius 3 is 2.78 bits per heavy atom. The van der Waals surface area contributed by atoms with Crippen molar-refractivity contribution in [1.29, 1.82) is 0 Å². The van der Waals surface area contributed by atoms with Crippen molar-refractivity contribution in [3.63, 3.8) is 0 Å². The van der Waals surface area contributed by atoms with E-state index in [2.05, 4.69) is 14.9 Å². The second kappa shape index (κ2) is 5.95. The zero-order valence-electron chi connectivity index (χ0n) is 10.3. The van der Waals surface area contributed by atoms with Gasteiger partial charge in [0, 0.05) is 31.2 Å². The Bertz CT molecular complexity index is 478. The number of benzene rings is 1.